The maximum atomic E-state index is 13.2. The Labute approximate surface area is 109 Å². The molecule has 0 saturated heterocycles. The molecule has 1 aliphatic heterocycles. The molecule has 2 heterocycles. The van der Waals surface area contributed by atoms with E-state index in [-0.39, 0.29) is 5.82 Å². The van der Waals surface area contributed by atoms with Gasteiger partial charge in [-0.2, -0.15) is 0 Å². The minimum Gasteiger partial charge on any atom is -0.343 e. The average Bonchev–Trinajstić information content (AvgIpc) is 2.39. The molecule has 0 bridgehead atoms. The Kier molecular flexibility index (Phi) is 2.93. The van der Waals surface area contributed by atoms with Crippen molar-refractivity contribution in [1.29, 1.82) is 0 Å². The Morgan fingerprint density at radius 1 is 1.33 bits per heavy atom. The van der Waals surface area contributed by atoms with Gasteiger partial charge in [0.25, 0.3) is 0 Å². The second-order valence-corrected chi connectivity index (χ2v) is 4.67. The SMILES string of the molecule is Fc1cccc(-c2nc(=S)c3c([nH]2)CCNC3)c1. The van der Waals surface area contributed by atoms with Gasteiger partial charge < -0.3 is 10.3 Å². The molecule has 0 unspecified atom stereocenters. The molecule has 2 aromatic rings. The van der Waals surface area contributed by atoms with Crippen molar-refractivity contribution in [2.24, 2.45) is 0 Å². The van der Waals surface area contributed by atoms with Crippen LogP contribution in [-0.4, -0.2) is 16.5 Å². The van der Waals surface area contributed by atoms with Crippen LogP contribution in [-0.2, 0) is 13.0 Å². The third-order valence-corrected chi connectivity index (χ3v) is 3.39. The van der Waals surface area contributed by atoms with Gasteiger partial charge in [-0.3, -0.25) is 0 Å². The molecule has 0 spiro atoms. The van der Waals surface area contributed by atoms with Gasteiger partial charge in [0.05, 0.1) is 0 Å². The number of H-pyrrole nitrogens is 1. The molecule has 0 amide bonds. The number of fused-ring (bicyclic) bond motifs is 1. The standard InChI is InChI=1S/C13H12FN3S/c14-9-3-1-2-8(6-9)12-16-11-4-5-15-7-10(11)13(18)17-12/h1-3,6,15H,4-5,7H2,(H,16,17,18). The molecule has 1 aliphatic rings. The quantitative estimate of drug-likeness (QED) is 0.775. The smallest absolute Gasteiger partial charge is 0.139 e. The third-order valence-electron chi connectivity index (χ3n) is 3.06. The molecule has 0 saturated carbocycles. The highest BCUT2D eigenvalue weighted by atomic mass is 32.1. The maximum absolute atomic E-state index is 13.2. The largest absolute Gasteiger partial charge is 0.343 e. The zero-order valence-corrected chi connectivity index (χ0v) is 10.5. The first-order chi connectivity index (χ1) is 8.74. The van der Waals surface area contributed by atoms with E-state index in [2.05, 4.69) is 15.3 Å². The molecule has 3 rings (SSSR count). The lowest BCUT2D eigenvalue weighted by Crippen LogP contribution is -2.25. The number of hydrogen-bond acceptors (Lipinski definition) is 3. The fourth-order valence-electron chi connectivity index (χ4n) is 2.14. The minimum atomic E-state index is -0.270. The number of nitrogens with one attached hydrogen (secondary N) is 2. The fourth-order valence-corrected chi connectivity index (χ4v) is 2.43. The number of rotatable bonds is 1. The summed E-state index contributed by atoms with van der Waals surface area (Å²) in [6.45, 7) is 1.67. The van der Waals surface area contributed by atoms with Gasteiger partial charge in [0.15, 0.2) is 0 Å². The van der Waals surface area contributed by atoms with Crippen LogP contribution in [0.4, 0.5) is 4.39 Å². The lowest BCUT2D eigenvalue weighted by atomic mass is 10.1. The van der Waals surface area contributed by atoms with Crippen LogP contribution in [0.3, 0.4) is 0 Å². The van der Waals surface area contributed by atoms with Crippen LogP contribution < -0.4 is 5.32 Å². The van der Waals surface area contributed by atoms with Gasteiger partial charge in [-0.05, 0) is 12.1 Å². The van der Waals surface area contributed by atoms with E-state index in [0.717, 1.165) is 36.3 Å². The van der Waals surface area contributed by atoms with Crippen LogP contribution >= 0.6 is 12.2 Å². The normalized spacial score (nSPS) is 14.3. The Balaban J connectivity index is 2.14. The predicted molar refractivity (Wildman–Crippen MR) is 70.2 cm³/mol. The average molecular weight is 261 g/mol. The van der Waals surface area contributed by atoms with Gasteiger partial charge in [0, 0.05) is 36.3 Å². The molecule has 92 valence electrons. The highest BCUT2D eigenvalue weighted by Crippen LogP contribution is 2.20. The summed E-state index contributed by atoms with van der Waals surface area (Å²) in [5, 5.41) is 3.26. The Hall–Kier alpha value is -1.59. The van der Waals surface area contributed by atoms with Crippen molar-refractivity contribution in [2.45, 2.75) is 13.0 Å². The Morgan fingerprint density at radius 2 is 2.22 bits per heavy atom. The van der Waals surface area contributed by atoms with E-state index in [1.54, 1.807) is 6.07 Å². The first kappa shape index (κ1) is 11.5. The molecule has 0 atom stereocenters. The van der Waals surface area contributed by atoms with Crippen molar-refractivity contribution in [3.63, 3.8) is 0 Å². The number of halogens is 1. The molecular formula is C13H12FN3S. The lowest BCUT2D eigenvalue weighted by Gasteiger charge is -2.17. The van der Waals surface area contributed by atoms with Crippen molar-refractivity contribution in [3.8, 4) is 11.4 Å². The number of benzene rings is 1. The lowest BCUT2D eigenvalue weighted by molar-refractivity contribution is 0.623. The topological polar surface area (TPSA) is 40.7 Å². The summed E-state index contributed by atoms with van der Waals surface area (Å²) in [6.07, 6.45) is 0.893. The van der Waals surface area contributed by atoms with E-state index < -0.39 is 0 Å². The molecule has 18 heavy (non-hydrogen) atoms. The van der Waals surface area contributed by atoms with Crippen molar-refractivity contribution >= 4 is 12.2 Å². The van der Waals surface area contributed by atoms with E-state index in [1.807, 2.05) is 6.07 Å². The fraction of sp³-hybridized carbons (Fsp3) is 0.231. The molecule has 0 fully saturated rings. The molecule has 3 nitrogen and oxygen atoms in total. The zero-order chi connectivity index (χ0) is 12.5. The second-order valence-electron chi connectivity index (χ2n) is 4.28. The van der Waals surface area contributed by atoms with Crippen LogP contribution in [0.25, 0.3) is 11.4 Å². The highest BCUT2D eigenvalue weighted by Gasteiger charge is 2.13. The van der Waals surface area contributed by atoms with Gasteiger partial charge in [0.1, 0.15) is 16.3 Å². The third kappa shape index (κ3) is 2.07. The molecule has 1 aromatic heterocycles. The van der Waals surface area contributed by atoms with E-state index in [9.17, 15) is 4.39 Å². The van der Waals surface area contributed by atoms with Crippen molar-refractivity contribution in [2.75, 3.05) is 6.54 Å². The van der Waals surface area contributed by atoms with E-state index in [0.29, 0.717) is 10.5 Å². The van der Waals surface area contributed by atoms with Gasteiger partial charge in [-0.15, -0.1) is 0 Å². The summed E-state index contributed by atoms with van der Waals surface area (Å²) in [5.74, 6) is 0.369. The minimum absolute atomic E-state index is 0.270. The first-order valence-corrected chi connectivity index (χ1v) is 6.23. The zero-order valence-electron chi connectivity index (χ0n) is 9.66. The van der Waals surface area contributed by atoms with Crippen LogP contribution in [0.15, 0.2) is 24.3 Å². The molecule has 0 radical (unpaired) electrons. The van der Waals surface area contributed by atoms with E-state index >= 15 is 0 Å². The van der Waals surface area contributed by atoms with Crippen LogP contribution in [0, 0.1) is 10.5 Å². The molecule has 2 N–H and O–H groups in total. The maximum Gasteiger partial charge on any atom is 0.139 e. The van der Waals surface area contributed by atoms with Gasteiger partial charge >= 0.3 is 0 Å². The van der Waals surface area contributed by atoms with E-state index in [1.165, 1.54) is 12.1 Å². The van der Waals surface area contributed by atoms with Crippen molar-refractivity contribution in [3.05, 3.63) is 46.0 Å². The molecule has 5 heteroatoms. The summed E-state index contributed by atoms with van der Waals surface area (Å²) in [6, 6.07) is 6.37. The highest BCUT2D eigenvalue weighted by molar-refractivity contribution is 7.71. The van der Waals surface area contributed by atoms with Crippen molar-refractivity contribution in [1.82, 2.24) is 15.3 Å². The number of aromatic nitrogens is 2. The van der Waals surface area contributed by atoms with Crippen LogP contribution in [0.1, 0.15) is 11.3 Å². The number of aromatic amines is 1. The molecule has 1 aromatic carbocycles. The van der Waals surface area contributed by atoms with Gasteiger partial charge in [0.2, 0.25) is 0 Å². The summed E-state index contributed by atoms with van der Waals surface area (Å²) < 4.78 is 13.8. The van der Waals surface area contributed by atoms with Gasteiger partial charge in [-0.25, -0.2) is 9.37 Å². The number of nitrogens with zero attached hydrogens (tertiary/aromatic N) is 1. The first-order valence-electron chi connectivity index (χ1n) is 5.83. The van der Waals surface area contributed by atoms with Crippen LogP contribution in [0.5, 0.6) is 0 Å². The monoisotopic (exact) mass is 261 g/mol. The van der Waals surface area contributed by atoms with E-state index in [4.69, 9.17) is 12.2 Å². The molecule has 0 aliphatic carbocycles. The Morgan fingerprint density at radius 3 is 3.06 bits per heavy atom. The van der Waals surface area contributed by atoms with Crippen molar-refractivity contribution < 1.29 is 4.39 Å². The summed E-state index contributed by atoms with van der Waals surface area (Å²) in [7, 11) is 0. The Bertz CT molecular complexity index is 651. The summed E-state index contributed by atoms with van der Waals surface area (Å²) in [5.41, 5.74) is 2.88. The molecular weight excluding hydrogens is 249 g/mol. The summed E-state index contributed by atoms with van der Waals surface area (Å²) in [4.78, 5) is 7.62. The predicted octanol–water partition coefficient (Wildman–Crippen LogP) is 2.59. The van der Waals surface area contributed by atoms with Gasteiger partial charge in [-0.1, -0.05) is 24.4 Å². The number of hydrogen-bond donors (Lipinski definition) is 2. The summed E-state index contributed by atoms with van der Waals surface area (Å²) >= 11 is 5.29. The van der Waals surface area contributed by atoms with Crippen LogP contribution in [0.2, 0.25) is 0 Å². The second kappa shape index (κ2) is 4.59.